The summed E-state index contributed by atoms with van der Waals surface area (Å²) in [6.07, 6.45) is 0. The summed E-state index contributed by atoms with van der Waals surface area (Å²) in [5.74, 6) is -0.140. The first-order chi connectivity index (χ1) is 7.05. The van der Waals surface area contributed by atoms with Crippen molar-refractivity contribution < 1.29 is 4.79 Å². The zero-order chi connectivity index (χ0) is 11.3. The van der Waals surface area contributed by atoms with E-state index in [1.165, 1.54) is 0 Å². The lowest BCUT2D eigenvalue weighted by atomic mass is 9.96. The summed E-state index contributed by atoms with van der Waals surface area (Å²) in [5, 5.41) is 11.5. The molecule has 0 spiro atoms. The molecule has 0 aliphatic heterocycles. The van der Waals surface area contributed by atoms with E-state index in [0.717, 1.165) is 0 Å². The molecule has 0 heterocycles. The van der Waals surface area contributed by atoms with Crippen LogP contribution in [0.25, 0.3) is 0 Å². The van der Waals surface area contributed by atoms with E-state index in [0.29, 0.717) is 12.1 Å². The van der Waals surface area contributed by atoms with Crippen LogP contribution in [-0.2, 0) is 0 Å². The molecule has 1 N–H and O–H groups in total. The van der Waals surface area contributed by atoms with Crippen molar-refractivity contribution in [1.82, 2.24) is 5.32 Å². The number of carbonyl (C=O) groups excluding carboxylic acids is 1. The Labute approximate surface area is 89.7 Å². The molecule has 0 aromatic heterocycles. The number of nitrogens with zero attached hydrogens (tertiary/aromatic N) is 1. The third-order valence-electron chi connectivity index (χ3n) is 2.03. The van der Waals surface area contributed by atoms with E-state index in [1.807, 2.05) is 18.2 Å². The molecule has 1 aromatic rings. The maximum absolute atomic E-state index is 11.6. The average Bonchev–Trinajstić information content (AvgIpc) is 2.27. The van der Waals surface area contributed by atoms with Gasteiger partial charge in [0.15, 0.2) is 0 Å². The molecule has 0 bridgehead atoms. The van der Waals surface area contributed by atoms with Gasteiger partial charge in [0, 0.05) is 12.1 Å². The van der Waals surface area contributed by atoms with Gasteiger partial charge in [-0.2, -0.15) is 5.26 Å². The van der Waals surface area contributed by atoms with Crippen LogP contribution >= 0.6 is 0 Å². The second-order valence-electron chi connectivity index (χ2n) is 4.04. The molecule has 0 unspecified atom stereocenters. The number of benzene rings is 1. The summed E-state index contributed by atoms with van der Waals surface area (Å²) in [6, 6.07) is 11.1. The lowest BCUT2D eigenvalue weighted by Gasteiger charge is -2.15. The molecular weight excluding hydrogens is 188 g/mol. The standard InChI is InChI=1S/C12H14N2O/c1-12(2,8-13)9-14-11(15)10-6-4-3-5-7-10/h3-7H,9H2,1-2H3,(H,14,15). The summed E-state index contributed by atoms with van der Waals surface area (Å²) in [7, 11) is 0. The quantitative estimate of drug-likeness (QED) is 0.814. The number of hydrogen-bond acceptors (Lipinski definition) is 2. The SMILES string of the molecule is CC(C)(C#N)CNC(=O)c1ccccc1. The third-order valence-corrected chi connectivity index (χ3v) is 2.03. The minimum atomic E-state index is -0.523. The summed E-state index contributed by atoms with van der Waals surface area (Å²) in [5.41, 5.74) is 0.0935. The zero-order valence-electron chi connectivity index (χ0n) is 8.95. The van der Waals surface area contributed by atoms with Gasteiger partial charge in [-0.3, -0.25) is 4.79 Å². The first-order valence-electron chi connectivity index (χ1n) is 4.80. The van der Waals surface area contributed by atoms with Gasteiger partial charge in [-0.1, -0.05) is 18.2 Å². The first-order valence-corrected chi connectivity index (χ1v) is 4.80. The Hall–Kier alpha value is -1.82. The Kier molecular flexibility index (Phi) is 3.46. The fourth-order valence-corrected chi connectivity index (χ4v) is 1.03. The zero-order valence-corrected chi connectivity index (χ0v) is 8.95. The first kappa shape index (κ1) is 11.3. The van der Waals surface area contributed by atoms with Crippen molar-refractivity contribution in [3.8, 4) is 6.07 Å². The van der Waals surface area contributed by atoms with Crippen molar-refractivity contribution in [3.63, 3.8) is 0 Å². The Morgan fingerprint density at radius 3 is 2.53 bits per heavy atom. The van der Waals surface area contributed by atoms with Crippen molar-refractivity contribution in [2.24, 2.45) is 5.41 Å². The minimum Gasteiger partial charge on any atom is -0.350 e. The monoisotopic (exact) mass is 202 g/mol. The van der Waals surface area contributed by atoms with Gasteiger partial charge in [0.2, 0.25) is 0 Å². The third kappa shape index (κ3) is 3.43. The van der Waals surface area contributed by atoms with Crippen molar-refractivity contribution in [2.75, 3.05) is 6.54 Å². The maximum Gasteiger partial charge on any atom is 0.251 e. The van der Waals surface area contributed by atoms with Crippen LogP contribution in [0.5, 0.6) is 0 Å². The summed E-state index contributed by atoms with van der Waals surface area (Å²) in [4.78, 5) is 11.6. The van der Waals surface area contributed by atoms with Crippen LogP contribution in [0.1, 0.15) is 24.2 Å². The number of nitriles is 1. The number of hydrogen-bond donors (Lipinski definition) is 1. The van der Waals surface area contributed by atoms with Gasteiger partial charge in [0.1, 0.15) is 0 Å². The Morgan fingerprint density at radius 1 is 1.40 bits per heavy atom. The molecule has 0 saturated heterocycles. The van der Waals surface area contributed by atoms with E-state index in [9.17, 15) is 4.79 Å². The Morgan fingerprint density at radius 2 is 2.00 bits per heavy atom. The van der Waals surface area contributed by atoms with Gasteiger partial charge in [-0.15, -0.1) is 0 Å². The van der Waals surface area contributed by atoms with Crippen molar-refractivity contribution in [1.29, 1.82) is 5.26 Å². The number of amides is 1. The second kappa shape index (κ2) is 4.61. The summed E-state index contributed by atoms with van der Waals surface area (Å²) < 4.78 is 0. The maximum atomic E-state index is 11.6. The molecule has 15 heavy (non-hydrogen) atoms. The van der Waals surface area contributed by atoms with Crippen LogP contribution in [0, 0.1) is 16.7 Å². The molecule has 3 heteroatoms. The molecule has 1 rings (SSSR count). The summed E-state index contributed by atoms with van der Waals surface area (Å²) in [6.45, 7) is 3.94. The predicted octanol–water partition coefficient (Wildman–Crippen LogP) is 1.97. The fraction of sp³-hybridized carbons (Fsp3) is 0.333. The number of rotatable bonds is 3. The largest absolute Gasteiger partial charge is 0.350 e. The molecule has 78 valence electrons. The van der Waals surface area contributed by atoms with Gasteiger partial charge in [-0.25, -0.2) is 0 Å². The van der Waals surface area contributed by atoms with Crippen LogP contribution in [0.3, 0.4) is 0 Å². The Balaban J connectivity index is 2.56. The van der Waals surface area contributed by atoms with Gasteiger partial charge >= 0.3 is 0 Å². The predicted molar refractivity (Wildman–Crippen MR) is 58.2 cm³/mol. The van der Waals surface area contributed by atoms with E-state index in [4.69, 9.17) is 5.26 Å². The molecule has 0 saturated carbocycles. The normalized spacial score (nSPS) is 10.5. The smallest absolute Gasteiger partial charge is 0.251 e. The lowest BCUT2D eigenvalue weighted by molar-refractivity contribution is 0.0944. The molecule has 1 aromatic carbocycles. The van der Waals surface area contributed by atoms with Gasteiger partial charge < -0.3 is 5.32 Å². The molecule has 0 aliphatic carbocycles. The van der Waals surface area contributed by atoms with Crippen molar-refractivity contribution in [3.05, 3.63) is 35.9 Å². The van der Waals surface area contributed by atoms with E-state index in [2.05, 4.69) is 11.4 Å². The molecule has 0 aliphatic rings. The highest BCUT2D eigenvalue weighted by Gasteiger charge is 2.17. The van der Waals surface area contributed by atoms with Gasteiger partial charge in [0.25, 0.3) is 5.91 Å². The average molecular weight is 202 g/mol. The van der Waals surface area contributed by atoms with E-state index in [1.54, 1.807) is 26.0 Å². The molecular formula is C12H14N2O. The number of nitrogens with one attached hydrogen (secondary N) is 1. The minimum absolute atomic E-state index is 0.140. The fourth-order valence-electron chi connectivity index (χ4n) is 1.03. The topological polar surface area (TPSA) is 52.9 Å². The van der Waals surface area contributed by atoms with Gasteiger partial charge in [0.05, 0.1) is 11.5 Å². The van der Waals surface area contributed by atoms with Crippen LogP contribution in [0.4, 0.5) is 0 Å². The van der Waals surface area contributed by atoms with Crippen LogP contribution in [0.2, 0.25) is 0 Å². The molecule has 0 fully saturated rings. The van der Waals surface area contributed by atoms with Crippen LogP contribution in [-0.4, -0.2) is 12.5 Å². The molecule has 0 radical (unpaired) electrons. The Bertz CT molecular complexity index is 376. The second-order valence-corrected chi connectivity index (χ2v) is 4.04. The molecule has 0 atom stereocenters. The highest BCUT2D eigenvalue weighted by molar-refractivity contribution is 5.94. The lowest BCUT2D eigenvalue weighted by Crippen LogP contribution is -2.33. The van der Waals surface area contributed by atoms with E-state index < -0.39 is 5.41 Å². The van der Waals surface area contributed by atoms with Gasteiger partial charge in [-0.05, 0) is 26.0 Å². The highest BCUT2D eigenvalue weighted by Crippen LogP contribution is 2.11. The van der Waals surface area contributed by atoms with Crippen LogP contribution in [0.15, 0.2) is 30.3 Å². The molecule has 3 nitrogen and oxygen atoms in total. The summed E-state index contributed by atoms with van der Waals surface area (Å²) >= 11 is 0. The highest BCUT2D eigenvalue weighted by atomic mass is 16.1. The van der Waals surface area contributed by atoms with E-state index in [-0.39, 0.29) is 5.91 Å². The number of carbonyl (C=O) groups is 1. The van der Waals surface area contributed by atoms with E-state index >= 15 is 0 Å². The van der Waals surface area contributed by atoms with Crippen molar-refractivity contribution in [2.45, 2.75) is 13.8 Å². The molecule has 1 amide bonds. The van der Waals surface area contributed by atoms with Crippen LogP contribution < -0.4 is 5.32 Å². The van der Waals surface area contributed by atoms with Crippen molar-refractivity contribution >= 4 is 5.91 Å².